The van der Waals surface area contributed by atoms with E-state index in [-0.39, 0.29) is 10.9 Å². The summed E-state index contributed by atoms with van der Waals surface area (Å²) >= 11 is 0. The molecule has 0 atom stereocenters. The summed E-state index contributed by atoms with van der Waals surface area (Å²) in [6, 6.07) is 10.0. The Labute approximate surface area is 124 Å². The van der Waals surface area contributed by atoms with Crippen LogP contribution in [0.4, 0.5) is 0 Å². The molecule has 0 unspecified atom stereocenters. The molecule has 0 aliphatic heterocycles. The van der Waals surface area contributed by atoms with Crippen molar-refractivity contribution in [3.8, 4) is 22.6 Å². The molecule has 2 rings (SSSR count). The third-order valence-electron chi connectivity index (χ3n) is 2.91. The molecular weight excluding hydrogens is 266 g/mol. The van der Waals surface area contributed by atoms with E-state index in [1.165, 1.54) is 0 Å². The standard InChI is InChI=1S/C17H20NOS/c1-14-16(12-8-5-9-13-20(2)3)18-17(19-14)15-10-6-4-7-11-15/h4,6-7,10-11H,5,8,12H2,1-3H3/q+1. The smallest absolute Gasteiger partial charge is 0.226 e. The van der Waals surface area contributed by atoms with E-state index in [1.54, 1.807) is 0 Å². The summed E-state index contributed by atoms with van der Waals surface area (Å²) in [6.45, 7) is 1.98. The van der Waals surface area contributed by atoms with Gasteiger partial charge in [-0.2, -0.15) is 0 Å². The lowest BCUT2D eigenvalue weighted by molar-refractivity contribution is 0.538. The first kappa shape index (κ1) is 14.7. The predicted molar refractivity (Wildman–Crippen MR) is 86.6 cm³/mol. The molecule has 0 saturated carbocycles. The minimum Gasteiger partial charge on any atom is -0.441 e. The lowest BCUT2D eigenvalue weighted by Gasteiger charge is -1.93. The van der Waals surface area contributed by atoms with E-state index in [9.17, 15) is 0 Å². The molecule has 0 bridgehead atoms. The van der Waals surface area contributed by atoms with Crippen LogP contribution >= 0.6 is 0 Å². The normalized spacial score (nSPS) is 10.4. The number of oxazole rings is 1. The minimum absolute atomic E-state index is 0.216. The van der Waals surface area contributed by atoms with Crippen LogP contribution in [0.2, 0.25) is 0 Å². The van der Waals surface area contributed by atoms with Gasteiger partial charge in [0, 0.05) is 12.0 Å². The topological polar surface area (TPSA) is 26.0 Å². The minimum atomic E-state index is 0.216. The van der Waals surface area contributed by atoms with Gasteiger partial charge in [0.1, 0.15) is 18.3 Å². The Kier molecular flexibility index (Phi) is 5.31. The van der Waals surface area contributed by atoms with E-state index in [2.05, 4.69) is 28.7 Å². The quantitative estimate of drug-likeness (QED) is 0.485. The summed E-state index contributed by atoms with van der Waals surface area (Å²) in [5.41, 5.74) is 2.08. The van der Waals surface area contributed by atoms with Crippen molar-refractivity contribution in [2.75, 3.05) is 12.5 Å². The maximum atomic E-state index is 5.75. The molecular formula is C17H20NOS+. The van der Waals surface area contributed by atoms with Gasteiger partial charge < -0.3 is 4.42 Å². The second-order valence-electron chi connectivity index (χ2n) is 4.84. The van der Waals surface area contributed by atoms with Crippen LogP contribution in [-0.2, 0) is 17.3 Å². The summed E-state index contributed by atoms with van der Waals surface area (Å²) in [6.07, 6.45) is 7.17. The van der Waals surface area contributed by atoms with Crippen molar-refractivity contribution in [3.63, 3.8) is 0 Å². The molecule has 0 aliphatic rings. The van der Waals surface area contributed by atoms with Gasteiger partial charge in [-0.15, -0.1) is 0 Å². The van der Waals surface area contributed by atoms with Crippen LogP contribution in [0, 0.1) is 18.1 Å². The summed E-state index contributed by atoms with van der Waals surface area (Å²) in [7, 11) is 0.216. The van der Waals surface area contributed by atoms with Crippen LogP contribution < -0.4 is 0 Å². The number of aryl methyl sites for hydroxylation is 2. The highest BCUT2D eigenvalue weighted by atomic mass is 32.2. The average Bonchev–Trinajstić information content (AvgIpc) is 2.81. The summed E-state index contributed by atoms with van der Waals surface area (Å²) < 4.78 is 5.75. The van der Waals surface area contributed by atoms with Crippen molar-refractivity contribution >= 4 is 10.9 Å². The molecule has 0 N–H and O–H groups in total. The molecule has 1 aromatic carbocycles. The van der Waals surface area contributed by atoms with Crippen molar-refractivity contribution < 1.29 is 4.42 Å². The lowest BCUT2D eigenvalue weighted by Crippen LogP contribution is -1.89. The summed E-state index contributed by atoms with van der Waals surface area (Å²) in [5, 5.41) is 3.21. The van der Waals surface area contributed by atoms with E-state index < -0.39 is 0 Å². The highest BCUT2D eigenvalue weighted by molar-refractivity contribution is 8.00. The molecule has 3 heteroatoms. The number of hydrogen-bond donors (Lipinski definition) is 0. The van der Waals surface area contributed by atoms with E-state index >= 15 is 0 Å². The number of aromatic nitrogens is 1. The van der Waals surface area contributed by atoms with Crippen LogP contribution in [0.5, 0.6) is 0 Å². The number of benzene rings is 1. The molecule has 0 aliphatic carbocycles. The highest BCUT2D eigenvalue weighted by Gasteiger charge is 2.10. The van der Waals surface area contributed by atoms with Gasteiger partial charge in [-0.3, -0.25) is 0 Å². The van der Waals surface area contributed by atoms with Gasteiger partial charge in [0.25, 0.3) is 0 Å². The second kappa shape index (κ2) is 7.21. The zero-order valence-electron chi connectivity index (χ0n) is 12.3. The monoisotopic (exact) mass is 286 g/mol. The molecule has 0 spiro atoms. The van der Waals surface area contributed by atoms with Crippen LogP contribution in [-0.4, -0.2) is 17.5 Å². The Morgan fingerprint density at radius 2 is 1.95 bits per heavy atom. The molecule has 0 radical (unpaired) electrons. The fourth-order valence-corrected chi connectivity index (χ4v) is 2.29. The predicted octanol–water partition coefficient (Wildman–Crippen LogP) is 3.81. The van der Waals surface area contributed by atoms with Crippen molar-refractivity contribution in [2.45, 2.75) is 26.2 Å². The van der Waals surface area contributed by atoms with Crippen molar-refractivity contribution in [3.05, 3.63) is 41.8 Å². The molecule has 20 heavy (non-hydrogen) atoms. The Balaban J connectivity index is 1.97. The van der Waals surface area contributed by atoms with E-state index in [4.69, 9.17) is 4.42 Å². The molecule has 2 aromatic rings. The second-order valence-corrected chi connectivity index (χ2v) is 6.67. The molecule has 0 saturated heterocycles. The first-order chi connectivity index (χ1) is 9.66. The first-order valence-electron chi connectivity index (χ1n) is 6.74. The maximum absolute atomic E-state index is 5.75. The Morgan fingerprint density at radius 3 is 2.65 bits per heavy atom. The van der Waals surface area contributed by atoms with E-state index in [0.29, 0.717) is 5.89 Å². The summed E-state index contributed by atoms with van der Waals surface area (Å²) in [4.78, 5) is 4.60. The van der Waals surface area contributed by atoms with Crippen LogP contribution in [0.3, 0.4) is 0 Å². The zero-order chi connectivity index (χ0) is 14.4. The van der Waals surface area contributed by atoms with Crippen LogP contribution in [0.1, 0.15) is 24.3 Å². The SMILES string of the molecule is Cc1oc(-c2ccccc2)nc1CCCC#C[S+](C)C. The molecule has 2 nitrogen and oxygen atoms in total. The largest absolute Gasteiger partial charge is 0.441 e. The average molecular weight is 286 g/mol. The van der Waals surface area contributed by atoms with Crippen molar-refractivity contribution in [1.82, 2.24) is 4.98 Å². The van der Waals surface area contributed by atoms with Gasteiger partial charge >= 0.3 is 0 Å². The Morgan fingerprint density at radius 1 is 1.20 bits per heavy atom. The van der Waals surface area contributed by atoms with E-state index in [1.807, 2.05) is 37.3 Å². The first-order valence-corrected chi connectivity index (χ1v) is 8.79. The lowest BCUT2D eigenvalue weighted by atomic mass is 10.2. The third kappa shape index (κ3) is 4.18. The molecule has 1 heterocycles. The van der Waals surface area contributed by atoms with Gasteiger partial charge in [-0.1, -0.05) is 18.2 Å². The van der Waals surface area contributed by atoms with Gasteiger partial charge in [0.2, 0.25) is 5.89 Å². The highest BCUT2D eigenvalue weighted by Crippen LogP contribution is 2.22. The summed E-state index contributed by atoms with van der Waals surface area (Å²) in [5.74, 6) is 4.85. The Bertz CT molecular complexity index is 605. The zero-order valence-corrected chi connectivity index (χ0v) is 13.1. The van der Waals surface area contributed by atoms with Crippen LogP contribution in [0.15, 0.2) is 34.7 Å². The van der Waals surface area contributed by atoms with Crippen molar-refractivity contribution in [2.24, 2.45) is 0 Å². The number of unbranched alkanes of at least 4 members (excludes halogenated alkanes) is 1. The van der Waals surface area contributed by atoms with Gasteiger partial charge in [0.05, 0.1) is 16.6 Å². The number of hydrogen-bond acceptors (Lipinski definition) is 2. The number of rotatable bonds is 4. The van der Waals surface area contributed by atoms with Gasteiger partial charge in [0.15, 0.2) is 5.25 Å². The van der Waals surface area contributed by atoms with E-state index in [0.717, 1.165) is 36.3 Å². The van der Waals surface area contributed by atoms with Gasteiger partial charge in [-0.05, 0) is 37.8 Å². The fourth-order valence-electron chi connectivity index (χ4n) is 1.90. The molecule has 1 aromatic heterocycles. The van der Waals surface area contributed by atoms with Crippen LogP contribution in [0.25, 0.3) is 11.5 Å². The molecule has 0 fully saturated rings. The van der Waals surface area contributed by atoms with Crippen molar-refractivity contribution in [1.29, 1.82) is 0 Å². The maximum Gasteiger partial charge on any atom is 0.226 e. The fraction of sp³-hybridized carbons (Fsp3) is 0.353. The molecule has 104 valence electrons. The van der Waals surface area contributed by atoms with Gasteiger partial charge in [-0.25, -0.2) is 4.98 Å². The molecule has 0 amide bonds. The number of nitrogens with zero attached hydrogens (tertiary/aromatic N) is 1. The third-order valence-corrected chi connectivity index (χ3v) is 3.46. The Hall–Kier alpha value is -1.66.